The van der Waals surface area contributed by atoms with Gasteiger partial charge in [0.05, 0.1) is 48.8 Å². The summed E-state index contributed by atoms with van der Waals surface area (Å²) >= 11 is 1.60. The highest BCUT2D eigenvalue weighted by atomic mass is 32.2. The lowest BCUT2D eigenvalue weighted by Crippen LogP contribution is -2.51. The molecule has 0 bridgehead atoms. The van der Waals surface area contributed by atoms with Crippen LogP contribution in [0.5, 0.6) is 5.75 Å². The lowest BCUT2D eigenvalue weighted by molar-refractivity contribution is -0.181. The number of carboxylic acids is 1. The SMILES string of the molecule is COc1ccc(S(=O)(=O)N(CC(C)C)C[C@@H](O)[C@H](Cc2ccc(NCc3cc(-c4ccc5ccccc5c4)ccc3-c3sc4c(c3C(=O)O)CC(C)(C)CC4)cc2)NC(=O)O[C@H]2CO[C@@]3(C)OCC[C@@H]23)cc1. The van der Waals surface area contributed by atoms with Crippen molar-refractivity contribution < 1.29 is 47.2 Å². The molecule has 0 spiro atoms. The number of methoxy groups -OCH3 is 1. The summed E-state index contributed by atoms with van der Waals surface area (Å²) in [6, 6.07) is 33.8. The van der Waals surface area contributed by atoms with Crippen molar-refractivity contribution in [2.45, 2.75) is 102 Å². The molecule has 1 amide bonds. The van der Waals surface area contributed by atoms with Crippen molar-refractivity contribution in [3.63, 3.8) is 0 Å². The summed E-state index contributed by atoms with van der Waals surface area (Å²) in [5, 5.41) is 31.5. The maximum atomic E-state index is 14.1. The summed E-state index contributed by atoms with van der Waals surface area (Å²) in [7, 11) is -2.57. The van der Waals surface area contributed by atoms with Gasteiger partial charge in [0.25, 0.3) is 0 Å². The monoisotopic (exact) mass is 1020 g/mol. The van der Waals surface area contributed by atoms with E-state index in [1.807, 2.05) is 57.2 Å². The molecule has 13 nitrogen and oxygen atoms in total. The number of benzene rings is 5. The molecule has 3 aliphatic rings. The molecule has 1 aromatic heterocycles. The molecule has 1 aliphatic carbocycles. The molecule has 0 saturated carbocycles. The molecule has 3 heterocycles. The van der Waals surface area contributed by atoms with E-state index in [4.69, 9.17) is 18.9 Å². The number of nitrogens with zero attached hydrogens (tertiary/aromatic N) is 1. The van der Waals surface area contributed by atoms with Gasteiger partial charge in [-0.1, -0.05) is 88.4 Å². The van der Waals surface area contributed by atoms with Crippen LogP contribution in [0.2, 0.25) is 0 Å². The van der Waals surface area contributed by atoms with Crippen LogP contribution < -0.4 is 15.4 Å². The Labute approximate surface area is 426 Å². The van der Waals surface area contributed by atoms with Gasteiger partial charge in [-0.3, -0.25) is 0 Å². The minimum Gasteiger partial charge on any atom is -0.497 e. The van der Waals surface area contributed by atoms with Gasteiger partial charge in [-0.25, -0.2) is 18.0 Å². The summed E-state index contributed by atoms with van der Waals surface area (Å²) in [6.07, 6.45) is 0.723. The van der Waals surface area contributed by atoms with Crippen molar-refractivity contribution in [3.8, 4) is 27.3 Å². The van der Waals surface area contributed by atoms with Gasteiger partial charge in [0.2, 0.25) is 10.0 Å². The van der Waals surface area contributed by atoms with E-state index in [1.165, 1.54) is 23.5 Å². The largest absolute Gasteiger partial charge is 0.497 e. The predicted molar refractivity (Wildman–Crippen MR) is 281 cm³/mol. The van der Waals surface area contributed by atoms with E-state index in [1.54, 1.807) is 23.5 Å². The number of aliphatic hydroxyl groups excluding tert-OH is 1. The number of carboxylic acid groups (broad SMARTS) is 1. The highest BCUT2D eigenvalue weighted by Crippen LogP contribution is 2.47. The van der Waals surface area contributed by atoms with E-state index in [0.29, 0.717) is 37.3 Å². The van der Waals surface area contributed by atoms with Gasteiger partial charge in [0.15, 0.2) is 5.79 Å². The van der Waals surface area contributed by atoms with Crippen LogP contribution in [-0.2, 0) is 50.0 Å². The Morgan fingerprint density at radius 3 is 2.35 bits per heavy atom. The molecule has 4 N–H and O–H groups in total. The van der Waals surface area contributed by atoms with E-state index in [2.05, 4.69) is 73.0 Å². The van der Waals surface area contributed by atoms with Crippen LogP contribution in [0.4, 0.5) is 10.5 Å². The van der Waals surface area contributed by atoms with Gasteiger partial charge in [-0.2, -0.15) is 4.31 Å². The minimum absolute atomic E-state index is 0.00859. The first kappa shape index (κ1) is 51.1. The summed E-state index contributed by atoms with van der Waals surface area (Å²) in [5.41, 5.74) is 6.82. The number of alkyl carbamates (subject to hydrolysis) is 1. The Morgan fingerprint density at radius 1 is 0.903 bits per heavy atom. The molecule has 2 aliphatic heterocycles. The van der Waals surface area contributed by atoms with Crippen molar-refractivity contribution in [2.24, 2.45) is 17.3 Å². The number of aromatic carboxylic acids is 1. The Balaban J connectivity index is 0.981. The molecule has 2 fully saturated rings. The molecule has 2 saturated heterocycles. The van der Waals surface area contributed by atoms with Crippen LogP contribution in [0, 0.1) is 17.3 Å². The second kappa shape index (κ2) is 21.0. The van der Waals surface area contributed by atoms with Gasteiger partial charge in [-0.05, 0) is 143 Å². The lowest BCUT2D eigenvalue weighted by Gasteiger charge is -2.31. The predicted octanol–water partition coefficient (Wildman–Crippen LogP) is 10.6. The van der Waals surface area contributed by atoms with Crippen molar-refractivity contribution in [1.29, 1.82) is 0 Å². The van der Waals surface area contributed by atoms with Gasteiger partial charge in [0.1, 0.15) is 11.9 Å². The second-order valence-corrected chi connectivity index (χ2v) is 23.8. The number of ether oxygens (including phenoxy) is 4. The number of carbonyl (C=O) groups excluding carboxylic acids is 1. The second-order valence-electron chi connectivity index (χ2n) is 20.8. The van der Waals surface area contributed by atoms with Crippen LogP contribution >= 0.6 is 11.3 Å². The average molecular weight is 1020 g/mol. The number of anilines is 1. The topological polar surface area (TPSA) is 173 Å². The number of fused-ring (bicyclic) bond motifs is 3. The highest BCUT2D eigenvalue weighted by Gasteiger charge is 2.53. The zero-order chi connectivity index (χ0) is 51.0. The van der Waals surface area contributed by atoms with Crippen LogP contribution in [0.1, 0.15) is 79.4 Å². The average Bonchev–Trinajstić information content (AvgIpc) is 4.03. The molecule has 0 radical (unpaired) electrons. The number of thiophene rings is 1. The Kier molecular flexibility index (Phi) is 14.9. The van der Waals surface area contributed by atoms with Crippen LogP contribution in [0.25, 0.3) is 32.3 Å². The standard InChI is InChI=1S/C57H65N3O10S2/c1-35(2)32-60(72(65,66)44-20-18-43(67-6)19-21-44)33-49(61)48(59-55(64)70-50-34-69-57(5)47(50)24-26-68-57)27-36-11-16-42(17-12-36)58-31-41-29-40(39-14-13-37-9-7-8-10-38(37)28-39)15-22-45(41)53-52(54(62)63)46-30-56(3,4)25-23-51(46)71-53/h7-22,28-29,35,47-50,58,61H,23-27,30-34H2,1-6H3,(H,59,64)(H,62,63)/t47-,48-,49+,50-,57+/m0/s1. The molecule has 5 aromatic carbocycles. The third-order valence-corrected chi connectivity index (χ3v) is 17.6. The Morgan fingerprint density at radius 2 is 1.62 bits per heavy atom. The van der Waals surface area contributed by atoms with Crippen molar-refractivity contribution in [1.82, 2.24) is 9.62 Å². The molecule has 9 rings (SSSR count). The number of carbonyl (C=O) groups is 2. The van der Waals surface area contributed by atoms with E-state index in [0.717, 1.165) is 72.4 Å². The summed E-state index contributed by atoms with van der Waals surface area (Å²) in [4.78, 5) is 28.8. The summed E-state index contributed by atoms with van der Waals surface area (Å²) < 4.78 is 52.4. The number of amides is 1. The van der Waals surface area contributed by atoms with Gasteiger partial charge >= 0.3 is 12.1 Å². The molecule has 15 heteroatoms. The number of rotatable bonds is 18. The fraction of sp³-hybridized carbons (Fsp3) is 0.404. The van der Waals surface area contributed by atoms with E-state index >= 15 is 0 Å². The molecular formula is C57H65N3O10S2. The van der Waals surface area contributed by atoms with Crippen LogP contribution in [0.3, 0.4) is 0 Å². The molecular weight excluding hydrogens is 951 g/mol. The minimum atomic E-state index is -4.08. The Hall–Kier alpha value is -5.81. The third-order valence-electron chi connectivity index (χ3n) is 14.5. The fourth-order valence-electron chi connectivity index (χ4n) is 10.5. The normalized spacial score (nSPS) is 20.2. The molecule has 0 unspecified atom stereocenters. The molecule has 72 heavy (non-hydrogen) atoms. The zero-order valence-corrected chi connectivity index (χ0v) is 43.4. The molecule has 5 atom stereocenters. The quantitative estimate of drug-likeness (QED) is 0.0645. The number of sulfonamides is 1. The van der Waals surface area contributed by atoms with Crippen LogP contribution in [-0.4, -0.2) is 92.4 Å². The van der Waals surface area contributed by atoms with Crippen LogP contribution in [0.15, 0.2) is 114 Å². The molecule has 6 aromatic rings. The first-order valence-corrected chi connectivity index (χ1v) is 27.1. The van der Waals surface area contributed by atoms with E-state index in [-0.39, 0.29) is 48.3 Å². The first-order chi connectivity index (χ1) is 34.4. The summed E-state index contributed by atoms with van der Waals surface area (Å²) in [6.45, 7) is 10.9. The number of hydrogen-bond acceptors (Lipinski definition) is 11. The van der Waals surface area contributed by atoms with Gasteiger partial charge in [-0.15, -0.1) is 11.3 Å². The van der Waals surface area contributed by atoms with E-state index in [9.17, 15) is 28.2 Å². The zero-order valence-electron chi connectivity index (χ0n) is 41.8. The number of hydrogen-bond donors (Lipinski definition) is 4. The van der Waals surface area contributed by atoms with Crippen molar-refractivity contribution in [2.75, 3.05) is 38.7 Å². The van der Waals surface area contributed by atoms with Gasteiger partial charge < -0.3 is 39.8 Å². The Bertz CT molecular complexity index is 3050. The summed E-state index contributed by atoms with van der Waals surface area (Å²) in [5.74, 6) is -1.47. The number of aryl methyl sites for hydroxylation is 1. The van der Waals surface area contributed by atoms with Crippen molar-refractivity contribution >= 4 is 49.9 Å². The maximum Gasteiger partial charge on any atom is 0.407 e. The molecule has 380 valence electrons. The lowest BCUT2D eigenvalue weighted by atomic mass is 9.76. The maximum absolute atomic E-state index is 14.1. The van der Waals surface area contributed by atoms with Crippen molar-refractivity contribution in [3.05, 3.63) is 136 Å². The highest BCUT2D eigenvalue weighted by molar-refractivity contribution is 7.89. The van der Waals surface area contributed by atoms with Gasteiger partial charge in [0, 0.05) is 35.1 Å². The fourth-order valence-corrected chi connectivity index (χ4v) is 13.5. The number of aliphatic hydroxyl groups is 1. The van der Waals surface area contributed by atoms with E-state index < -0.39 is 46.1 Å². The third kappa shape index (κ3) is 11.1. The smallest absolute Gasteiger partial charge is 0.407 e. The number of nitrogens with one attached hydrogen (secondary N) is 2. The first-order valence-electron chi connectivity index (χ1n) is 24.8.